The van der Waals surface area contributed by atoms with E-state index < -0.39 is 10.0 Å². The number of benzene rings is 1. The minimum atomic E-state index is -3.65. The summed E-state index contributed by atoms with van der Waals surface area (Å²) in [5.41, 5.74) is 2.22. The van der Waals surface area contributed by atoms with Gasteiger partial charge in [0.05, 0.1) is 4.90 Å². The molecule has 0 amide bonds. The number of hydrogen-bond donors (Lipinski definition) is 0. The zero-order valence-electron chi connectivity index (χ0n) is 11.5. The van der Waals surface area contributed by atoms with E-state index in [0.29, 0.717) is 10.1 Å². The van der Waals surface area contributed by atoms with Crippen molar-refractivity contribution < 1.29 is 8.42 Å². The van der Waals surface area contributed by atoms with Gasteiger partial charge in [0.25, 0.3) is 10.0 Å². The Morgan fingerprint density at radius 2 is 1.71 bits per heavy atom. The molecule has 4 nitrogen and oxygen atoms in total. The van der Waals surface area contributed by atoms with E-state index in [9.17, 15) is 8.42 Å². The Bertz CT molecular complexity index is 928. The predicted octanol–water partition coefficient (Wildman–Crippen LogP) is 3.65. The van der Waals surface area contributed by atoms with Crippen LogP contribution in [0.5, 0.6) is 0 Å². The summed E-state index contributed by atoms with van der Waals surface area (Å²) in [5, 5.41) is 0.774. The summed E-state index contributed by atoms with van der Waals surface area (Å²) in [6.07, 6.45) is 1.55. The molecule has 3 rings (SSSR count). The van der Waals surface area contributed by atoms with Crippen LogP contribution in [0, 0.1) is 13.8 Å². The second kappa shape index (κ2) is 4.96. The van der Waals surface area contributed by atoms with Gasteiger partial charge >= 0.3 is 0 Å². The fraction of sp³-hybridized carbons (Fsp3) is 0.133. The molecule has 0 aliphatic carbocycles. The highest BCUT2D eigenvalue weighted by Gasteiger charge is 2.21. The van der Waals surface area contributed by atoms with Crippen molar-refractivity contribution >= 4 is 37.0 Å². The molecular formula is C15H13BrN2O2S. The Morgan fingerprint density at radius 1 is 1.05 bits per heavy atom. The molecule has 3 aromatic rings. The Kier molecular flexibility index (Phi) is 3.37. The Hall–Kier alpha value is -1.66. The molecule has 0 atom stereocenters. The van der Waals surface area contributed by atoms with Gasteiger partial charge in [-0.15, -0.1) is 0 Å². The SMILES string of the molecule is Cc1ccc(S(=O)(=O)n2cc(Br)c3ccc(C)nc32)cc1. The molecule has 0 saturated carbocycles. The van der Waals surface area contributed by atoms with Crippen LogP contribution in [-0.2, 0) is 10.0 Å². The number of aryl methyl sites for hydroxylation is 2. The summed E-state index contributed by atoms with van der Waals surface area (Å²) < 4.78 is 27.5. The number of rotatable bonds is 2. The molecule has 21 heavy (non-hydrogen) atoms. The number of nitrogens with zero attached hydrogens (tertiary/aromatic N) is 2. The highest BCUT2D eigenvalue weighted by molar-refractivity contribution is 9.10. The lowest BCUT2D eigenvalue weighted by molar-refractivity contribution is 0.588. The van der Waals surface area contributed by atoms with Crippen molar-refractivity contribution in [3.8, 4) is 0 Å². The van der Waals surface area contributed by atoms with E-state index in [0.717, 1.165) is 16.6 Å². The van der Waals surface area contributed by atoms with Gasteiger partial charge in [-0.05, 0) is 54.0 Å². The number of aromatic nitrogens is 2. The highest BCUT2D eigenvalue weighted by Crippen LogP contribution is 2.28. The molecule has 0 spiro atoms. The van der Waals surface area contributed by atoms with E-state index in [1.807, 2.05) is 26.0 Å². The Labute approximate surface area is 131 Å². The van der Waals surface area contributed by atoms with E-state index >= 15 is 0 Å². The lowest BCUT2D eigenvalue weighted by Gasteiger charge is -2.07. The second-order valence-corrected chi connectivity index (χ2v) is 7.58. The highest BCUT2D eigenvalue weighted by atomic mass is 79.9. The van der Waals surface area contributed by atoms with Crippen molar-refractivity contribution in [2.45, 2.75) is 18.7 Å². The van der Waals surface area contributed by atoms with Gasteiger partial charge in [-0.2, -0.15) is 0 Å². The van der Waals surface area contributed by atoms with Crippen LogP contribution in [0.15, 0.2) is 52.0 Å². The topological polar surface area (TPSA) is 52.0 Å². The van der Waals surface area contributed by atoms with Gasteiger partial charge in [0, 0.05) is 21.7 Å². The molecule has 2 aromatic heterocycles. The van der Waals surface area contributed by atoms with Crippen LogP contribution in [0.1, 0.15) is 11.3 Å². The summed E-state index contributed by atoms with van der Waals surface area (Å²) in [7, 11) is -3.65. The van der Waals surface area contributed by atoms with E-state index in [1.165, 1.54) is 3.97 Å². The summed E-state index contributed by atoms with van der Waals surface area (Å²) in [5.74, 6) is 0. The lowest BCUT2D eigenvalue weighted by Crippen LogP contribution is -2.12. The van der Waals surface area contributed by atoms with E-state index in [2.05, 4.69) is 20.9 Å². The summed E-state index contributed by atoms with van der Waals surface area (Å²) in [4.78, 5) is 4.61. The number of pyridine rings is 1. The normalized spacial score (nSPS) is 12.0. The Balaban J connectivity index is 2.28. The van der Waals surface area contributed by atoms with Crippen LogP contribution in [0.25, 0.3) is 11.0 Å². The zero-order valence-corrected chi connectivity index (χ0v) is 13.9. The van der Waals surface area contributed by atoms with Gasteiger partial charge in [-0.1, -0.05) is 17.7 Å². The van der Waals surface area contributed by atoms with Crippen molar-refractivity contribution in [1.29, 1.82) is 0 Å². The molecule has 0 unspecified atom stereocenters. The molecule has 0 radical (unpaired) electrons. The first kappa shape index (κ1) is 14.3. The van der Waals surface area contributed by atoms with E-state index in [1.54, 1.807) is 30.5 Å². The van der Waals surface area contributed by atoms with Gasteiger partial charge in [0.1, 0.15) is 0 Å². The van der Waals surface area contributed by atoms with Crippen molar-refractivity contribution in [1.82, 2.24) is 8.96 Å². The minimum Gasteiger partial charge on any atom is -0.234 e. The summed E-state index contributed by atoms with van der Waals surface area (Å²) >= 11 is 3.39. The maximum atomic E-state index is 12.8. The third kappa shape index (κ3) is 2.38. The maximum Gasteiger partial charge on any atom is 0.269 e. The maximum absolute atomic E-state index is 12.8. The standard InChI is InChI=1S/C15H13BrN2O2S/c1-10-3-6-12(7-4-10)21(19,20)18-9-14(16)13-8-5-11(2)17-15(13)18/h3-9H,1-2H3. The predicted molar refractivity (Wildman–Crippen MR) is 85.9 cm³/mol. The van der Waals surface area contributed by atoms with Crippen LogP contribution in [-0.4, -0.2) is 17.4 Å². The van der Waals surface area contributed by atoms with Crippen molar-refractivity contribution in [2.75, 3.05) is 0 Å². The zero-order chi connectivity index (χ0) is 15.2. The van der Waals surface area contributed by atoms with Crippen LogP contribution >= 0.6 is 15.9 Å². The number of fused-ring (bicyclic) bond motifs is 1. The average molecular weight is 365 g/mol. The summed E-state index contributed by atoms with van der Waals surface area (Å²) in [6, 6.07) is 10.5. The van der Waals surface area contributed by atoms with E-state index in [4.69, 9.17) is 0 Å². The van der Waals surface area contributed by atoms with Crippen molar-refractivity contribution in [3.05, 3.63) is 58.3 Å². The minimum absolute atomic E-state index is 0.251. The first-order valence-corrected chi connectivity index (χ1v) is 8.59. The van der Waals surface area contributed by atoms with E-state index in [-0.39, 0.29) is 4.90 Å². The number of halogens is 1. The first-order valence-electron chi connectivity index (χ1n) is 6.36. The second-order valence-electron chi connectivity index (χ2n) is 4.91. The van der Waals surface area contributed by atoms with Gasteiger partial charge < -0.3 is 0 Å². The molecule has 2 heterocycles. The monoisotopic (exact) mass is 364 g/mol. The smallest absolute Gasteiger partial charge is 0.234 e. The molecule has 108 valence electrons. The third-order valence-corrected chi connectivity index (χ3v) is 5.58. The molecule has 0 N–H and O–H groups in total. The quantitative estimate of drug-likeness (QED) is 0.697. The van der Waals surface area contributed by atoms with Gasteiger partial charge in [-0.3, -0.25) is 0 Å². The largest absolute Gasteiger partial charge is 0.269 e. The fourth-order valence-electron chi connectivity index (χ4n) is 2.14. The molecule has 0 saturated heterocycles. The molecule has 1 aromatic carbocycles. The molecule has 6 heteroatoms. The lowest BCUT2D eigenvalue weighted by atomic mass is 10.2. The van der Waals surface area contributed by atoms with Crippen molar-refractivity contribution in [2.24, 2.45) is 0 Å². The van der Waals surface area contributed by atoms with Gasteiger partial charge in [-0.25, -0.2) is 17.4 Å². The van der Waals surface area contributed by atoms with Crippen LogP contribution in [0.4, 0.5) is 0 Å². The third-order valence-electron chi connectivity index (χ3n) is 3.29. The van der Waals surface area contributed by atoms with Crippen LogP contribution < -0.4 is 0 Å². The summed E-state index contributed by atoms with van der Waals surface area (Å²) in [6.45, 7) is 3.76. The Morgan fingerprint density at radius 3 is 2.38 bits per heavy atom. The van der Waals surface area contributed by atoms with Gasteiger partial charge in [0.15, 0.2) is 5.65 Å². The fourth-order valence-corrected chi connectivity index (χ4v) is 4.11. The van der Waals surface area contributed by atoms with Crippen molar-refractivity contribution in [3.63, 3.8) is 0 Å². The molecule has 0 aliphatic rings. The molecule has 0 fully saturated rings. The first-order chi connectivity index (χ1) is 9.89. The number of hydrogen-bond acceptors (Lipinski definition) is 3. The molecular weight excluding hydrogens is 352 g/mol. The van der Waals surface area contributed by atoms with Crippen LogP contribution in [0.3, 0.4) is 0 Å². The average Bonchev–Trinajstić information content (AvgIpc) is 2.76. The van der Waals surface area contributed by atoms with Gasteiger partial charge in [0.2, 0.25) is 0 Å². The molecule has 0 aliphatic heterocycles. The molecule has 0 bridgehead atoms. The van der Waals surface area contributed by atoms with Crippen LogP contribution in [0.2, 0.25) is 0 Å².